The first-order chi connectivity index (χ1) is 6.78. The van der Waals surface area contributed by atoms with Crippen LogP contribution in [0.1, 0.15) is 5.56 Å². The van der Waals surface area contributed by atoms with Crippen molar-refractivity contribution in [3.63, 3.8) is 0 Å². The molecule has 0 spiro atoms. The second kappa shape index (κ2) is 2.52. The molecule has 1 fully saturated rings. The number of aliphatic hydroxyl groups is 1. The van der Waals surface area contributed by atoms with Gasteiger partial charge in [0.05, 0.1) is 6.20 Å². The Bertz CT molecular complexity index is 474. The van der Waals surface area contributed by atoms with E-state index >= 15 is 0 Å². The van der Waals surface area contributed by atoms with Gasteiger partial charge in [-0.3, -0.25) is 0 Å². The van der Waals surface area contributed by atoms with E-state index in [9.17, 15) is 5.11 Å². The molecule has 72 valence electrons. The molecule has 0 atom stereocenters. The largest absolute Gasteiger partial charge is 0.382 e. The maximum absolute atomic E-state index is 10.0. The lowest BCUT2D eigenvalue weighted by molar-refractivity contribution is -0.0153. The maximum atomic E-state index is 10.0. The van der Waals surface area contributed by atoms with Gasteiger partial charge in [0.1, 0.15) is 5.60 Å². The van der Waals surface area contributed by atoms with Crippen molar-refractivity contribution < 1.29 is 5.11 Å². The Balaban J connectivity index is 2.13. The van der Waals surface area contributed by atoms with Crippen LogP contribution in [0.4, 0.5) is 0 Å². The fourth-order valence-corrected chi connectivity index (χ4v) is 1.62. The summed E-state index contributed by atoms with van der Waals surface area (Å²) in [6.45, 7) is 1.17. The molecular weight excluding hydrogens is 180 g/mol. The van der Waals surface area contributed by atoms with Gasteiger partial charge in [0.15, 0.2) is 5.65 Å². The van der Waals surface area contributed by atoms with E-state index in [1.54, 1.807) is 16.9 Å². The molecule has 14 heavy (non-hydrogen) atoms. The summed E-state index contributed by atoms with van der Waals surface area (Å²) < 4.78 is 1.67. The Morgan fingerprint density at radius 1 is 1.50 bits per heavy atom. The molecule has 5 nitrogen and oxygen atoms in total. The summed E-state index contributed by atoms with van der Waals surface area (Å²) in [4.78, 5) is 4.20. The molecule has 2 aromatic heterocycles. The quantitative estimate of drug-likeness (QED) is 0.637. The van der Waals surface area contributed by atoms with Crippen LogP contribution in [0.15, 0.2) is 24.7 Å². The zero-order valence-corrected chi connectivity index (χ0v) is 7.51. The van der Waals surface area contributed by atoms with Crippen molar-refractivity contribution in [2.24, 2.45) is 0 Å². The lowest BCUT2D eigenvalue weighted by Crippen LogP contribution is -2.56. The van der Waals surface area contributed by atoms with Gasteiger partial charge in [0.2, 0.25) is 0 Å². The molecule has 1 aliphatic rings. The van der Waals surface area contributed by atoms with E-state index in [1.165, 1.54) is 0 Å². The molecule has 0 amide bonds. The predicted molar refractivity (Wildman–Crippen MR) is 49.8 cm³/mol. The first-order valence-corrected chi connectivity index (χ1v) is 4.51. The molecule has 0 unspecified atom stereocenters. The Kier molecular flexibility index (Phi) is 1.42. The Labute approximate surface area is 80.4 Å². The number of rotatable bonds is 1. The van der Waals surface area contributed by atoms with E-state index in [0.29, 0.717) is 13.1 Å². The number of nitrogens with zero attached hydrogens (tertiary/aromatic N) is 3. The Hall–Kier alpha value is -1.46. The molecule has 1 saturated heterocycles. The highest BCUT2D eigenvalue weighted by molar-refractivity contribution is 5.37. The number of nitrogens with one attached hydrogen (secondary N) is 1. The van der Waals surface area contributed by atoms with Gasteiger partial charge in [-0.1, -0.05) is 0 Å². The van der Waals surface area contributed by atoms with Gasteiger partial charge >= 0.3 is 0 Å². The second-order valence-corrected chi connectivity index (χ2v) is 3.61. The zero-order valence-electron chi connectivity index (χ0n) is 7.51. The first kappa shape index (κ1) is 7.90. The molecule has 5 heteroatoms. The van der Waals surface area contributed by atoms with Crippen LogP contribution >= 0.6 is 0 Å². The van der Waals surface area contributed by atoms with Crippen molar-refractivity contribution in [2.45, 2.75) is 5.60 Å². The Morgan fingerprint density at radius 3 is 3.07 bits per heavy atom. The number of aromatic nitrogens is 3. The predicted octanol–water partition coefficient (Wildman–Crippen LogP) is -0.480. The average Bonchev–Trinajstić information content (AvgIpc) is 2.60. The molecule has 0 radical (unpaired) electrons. The van der Waals surface area contributed by atoms with Gasteiger partial charge in [-0.2, -0.15) is 5.10 Å². The molecule has 0 bridgehead atoms. The summed E-state index contributed by atoms with van der Waals surface area (Å²) in [5, 5.41) is 17.1. The minimum Gasteiger partial charge on any atom is -0.382 e. The van der Waals surface area contributed by atoms with Crippen molar-refractivity contribution in [3.8, 4) is 0 Å². The average molecular weight is 190 g/mol. The monoisotopic (exact) mass is 190 g/mol. The van der Waals surface area contributed by atoms with Gasteiger partial charge in [0, 0.05) is 37.1 Å². The minimum atomic E-state index is -0.757. The fourth-order valence-electron chi connectivity index (χ4n) is 1.62. The van der Waals surface area contributed by atoms with Crippen LogP contribution < -0.4 is 5.32 Å². The van der Waals surface area contributed by atoms with Crippen LogP contribution in [0.25, 0.3) is 5.65 Å². The summed E-state index contributed by atoms with van der Waals surface area (Å²) in [6.07, 6.45) is 5.22. The summed E-state index contributed by atoms with van der Waals surface area (Å²) in [5.41, 5.74) is 0.852. The van der Waals surface area contributed by atoms with Crippen molar-refractivity contribution in [1.29, 1.82) is 0 Å². The molecule has 1 aliphatic heterocycles. The van der Waals surface area contributed by atoms with E-state index in [4.69, 9.17) is 0 Å². The lowest BCUT2D eigenvalue weighted by Gasteiger charge is -2.37. The third kappa shape index (κ3) is 0.964. The second-order valence-electron chi connectivity index (χ2n) is 3.61. The van der Waals surface area contributed by atoms with Gasteiger partial charge in [-0.25, -0.2) is 9.50 Å². The lowest BCUT2D eigenvalue weighted by atomic mass is 9.90. The highest BCUT2D eigenvalue weighted by atomic mass is 16.3. The number of hydrogen-bond donors (Lipinski definition) is 2. The van der Waals surface area contributed by atoms with E-state index in [0.717, 1.165) is 11.2 Å². The third-order valence-corrected chi connectivity index (χ3v) is 2.62. The summed E-state index contributed by atoms with van der Waals surface area (Å²) in [7, 11) is 0. The fraction of sp³-hybridized carbons (Fsp3) is 0.333. The van der Waals surface area contributed by atoms with Crippen molar-refractivity contribution in [2.75, 3.05) is 13.1 Å². The Morgan fingerprint density at radius 2 is 2.36 bits per heavy atom. The molecule has 3 heterocycles. The first-order valence-electron chi connectivity index (χ1n) is 4.51. The van der Waals surface area contributed by atoms with Gasteiger partial charge in [-0.15, -0.1) is 0 Å². The van der Waals surface area contributed by atoms with Crippen LogP contribution in [-0.4, -0.2) is 32.8 Å². The van der Waals surface area contributed by atoms with Crippen molar-refractivity contribution >= 4 is 5.65 Å². The summed E-state index contributed by atoms with van der Waals surface area (Å²) >= 11 is 0. The molecule has 2 aromatic rings. The summed E-state index contributed by atoms with van der Waals surface area (Å²) in [5.74, 6) is 0. The number of β-amino-alcohol motifs (C(OH)–C–C–N with tert-alkyl or cyclic N) is 1. The van der Waals surface area contributed by atoms with Gasteiger partial charge in [-0.05, 0) is 0 Å². The van der Waals surface area contributed by atoms with Crippen LogP contribution in [0.3, 0.4) is 0 Å². The maximum Gasteiger partial charge on any atom is 0.154 e. The van der Waals surface area contributed by atoms with Crippen LogP contribution in [0.5, 0.6) is 0 Å². The highest BCUT2D eigenvalue weighted by Gasteiger charge is 2.36. The molecule has 0 saturated carbocycles. The SMILES string of the molecule is OC1(c2cnc3ccnn3c2)CNC1. The number of hydrogen-bond acceptors (Lipinski definition) is 4. The van der Waals surface area contributed by atoms with E-state index in [2.05, 4.69) is 15.4 Å². The zero-order chi connectivity index (χ0) is 9.60. The summed E-state index contributed by atoms with van der Waals surface area (Å²) in [6, 6.07) is 1.83. The normalized spacial score (nSPS) is 19.5. The molecule has 2 N–H and O–H groups in total. The smallest absolute Gasteiger partial charge is 0.154 e. The standard InChI is InChI=1S/C9H10N4O/c14-9(5-10-6-9)7-3-11-8-1-2-12-13(8)4-7/h1-4,10,14H,5-6H2. The minimum absolute atomic E-state index is 0.585. The number of fused-ring (bicyclic) bond motifs is 1. The van der Waals surface area contributed by atoms with Gasteiger partial charge in [0.25, 0.3) is 0 Å². The van der Waals surface area contributed by atoms with E-state index in [1.807, 2.05) is 12.3 Å². The third-order valence-electron chi connectivity index (χ3n) is 2.62. The van der Waals surface area contributed by atoms with E-state index in [-0.39, 0.29) is 0 Å². The molecule has 3 rings (SSSR count). The van der Waals surface area contributed by atoms with Crippen LogP contribution in [0.2, 0.25) is 0 Å². The van der Waals surface area contributed by atoms with Gasteiger partial charge < -0.3 is 10.4 Å². The van der Waals surface area contributed by atoms with E-state index < -0.39 is 5.60 Å². The molecule has 0 aliphatic carbocycles. The molecule has 0 aromatic carbocycles. The molecular formula is C9H10N4O. The van der Waals surface area contributed by atoms with Crippen LogP contribution in [-0.2, 0) is 5.60 Å². The topological polar surface area (TPSA) is 62.5 Å². The van der Waals surface area contributed by atoms with Crippen molar-refractivity contribution in [1.82, 2.24) is 19.9 Å². The van der Waals surface area contributed by atoms with Crippen LogP contribution in [0, 0.1) is 0 Å². The highest BCUT2D eigenvalue weighted by Crippen LogP contribution is 2.24. The van der Waals surface area contributed by atoms with Crippen molar-refractivity contribution in [3.05, 3.63) is 30.2 Å².